The van der Waals surface area contributed by atoms with Crippen molar-refractivity contribution in [3.05, 3.63) is 41.4 Å². The van der Waals surface area contributed by atoms with E-state index in [2.05, 4.69) is 20.3 Å². The normalized spacial score (nSPS) is 22.1. The number of nitrogens with zero attached hydrogens (tertiary/aromatic N) is 3. The molecule has 0 bridgehead atoms. The first-order valence-electron chi connectivity index (χ1n) is 10.1. The Labute approximate surface area is 206 Å². The van der Waals surface area contributed by atoms with Gasteiger partial charge in [-0.05, 0) is 17.4 Å². The van der Waals surface area contributed by atoms with Gasteiger partial charge in [0, 0.05) is 16.7 Å². The fourth-order valence-corrected chi connectivity index (χ4v) is 4.71. The molecule has 2 aromatic rings. The lowest BCUT2D eigenvalue weighted by atomic mass is 10.2. The number of carbonyl (C=O) groups excluding carboxylic acids is 4. The van der Waals surface area contributed by atoms with Gasteiger partial charge in [-0.15, -0.1) is 23.1 Å². The summed E-state index contributed by atoms with van der Waals surface area (Å²) < 4.78 is 5.11. The highest BCUT2D eigenvalue weighted by Gasteiger charge is 2.44. The summed E-state index contributed by atoms with van der Waals surface area (Å²) in [6.45, 7) is -0.311. The van der Waals surface area contributed by atoms with Gasteiger partial charge in [0.15, 0.2) is 10.8 Å². The largest absolute Gasteiger partial charge is 0.449 e. The van der Waals surface area contributed by atoms with E-state index in [1.165, 1.54) is 24.3 Å². The van der Waals surface area contributed by atoms with Crippen LogP contribution >= 0.6 is 23.1 Å². The number of amides is 2. The first-order valence-corrected chi connectivity index (χ1v) is 11.9. The van der Waals surface area contributed by atoms with Crippen LogP contribution in [0, 0.1) is 0 Å². The lowest BCUT2D eigenvalue weighted by Crippen LogP contribution is -2.46. The average Bonchev–Trinajstić information content (AvgIpc) is 3.53. The van der Waals surface area contributed by atoms with Crippen molar-refractivity contribution in [2.24, 2.45) is 5.16 Å². The molecule has 2 unspecified atom stereocenters. The Morgan fingerprint density at radius 3 is 2.77 bits per heavy atom. The summed E-state index contributed by atoms with van der Waals surface area (Å²) in [7, 11) is 1.24. The van der Waals surface area contributed by atoms with Crippen molar-refractivity contribution in [2.75, 3.05) is 19.5 Å². The summed E-state index contributed by atoms with van der Waals surface area (Å²) in [6, 6.07) is 8.00. The zero-order chi connectivity index (χ0) is 24.9. The molecule has 3 N–H and O–H groups in total. The molecule has 3 heterocycles. The number of oxime groups is 1. The Morgan fingerprint density at radius 1 is 1.31 bits per heavy atom. The Kier molecular flexibility index (Phi) is 7.48. The summed E-state index contributed by atoms with van der Waals surface area (Å²) in [6.07, 6.45) is -1.14. The summed E-state index contributed by atoms with van der Waals surface area (Å²) in [4.78, 5) is 69.4. The number of benzene rings is 1. The predicted molar refractivity (Wildman–Crippen MR) is 121 cm³/mol. The van der Waals surface area contributed by atoms with E-state index in [9.17, 15) is 19.2 Å². The Hall–Kier alpha value is -3.69. The lowest BCUT2D eigenvalue weighted by molar-refractivity contribution is -0.306. The van der Waals surface area contributed by atoms with Crippen LogP contribution in [-0.4, -0.2) is 70.8 Å². The maximum atomic E-state index is 12.6. The third-order valence-electron chi connectivity index (χ3n) is 4.71. The molecule has 13 nitrogen and oxygen atoms in total. The monoisotopic (exact) mass is 521 g/mol. The summed E-state index contributed by atoms with van der Waals surface area (Å²) >= 11 is 2.36. The number of hydrogen-bond acceptors (Lipinski definition) is 13. The zero-order valence-electron chi connectivity index (χ0n) is 18.1. The van der Waals surface area contributed by atoms with E-state index in [0.29, 0.717) is 5.23 Å². The maximum Gasteiger partial charge on any atom is 0.375 e. The van der Waals surface area contributed by atoms with Crippen molar-refractivity contribution in [1.82, 2.24) is 15.5 Å². The SMILES string of the molecule is CON=C(C(=O)N[C@H]1CON(OC(=O)C2CC(Sc3ccccc3)C(=O)O2)C1=O)c1csc(N)n1. The van der Waals surface area contributed by atoms with Crippen LogP contribution in [-0.2, 0) is 38.4 Å². The number of rotatable bonds is 8. The van der Waals surface area contributed by atoms with Gasteiger partial charge >= 0.3 is 17.8 Å². The molecule has 2 fully saturated rings. The number of hydroxylamine groups is 2. The fraction of sp³-hybridized carbons (Fsp3) is 0.300. The molecule has 2 saturated heterocycles. The molecule has 2 aliphatic rings. The number of anilines is 1. The van der Waals surface area contributed by atoms with Gasteiger partial charge in [-0.25, -0.2) is 14.6 Å². The highest BCUT2D eigenvalue weighted by molar-refractivity contribution is 8.00. The smallest absolute Gasteiger partial charge is 0.375 e. The predicted octanol–water partition coefficient (Wildman–Crippen LogP) is 0.269. The molecular formula is C20H19N5O8S2. The third kappa shape index (κ3) is 5.70. The van der Waals surface area contributed by atoms with Crippen LogP contribution < -0.4 is 11.1 Å². The molecule has 4 rings (SSSR count). The Morgan fingerprint density at radius 2 is 2.09 bits per heavy atom. The number of ether oxygens (including phenoxy) is 1. The van der Waals surface area contributed by atoms with E-state index < -0.39 is 41.1 Å². The standard InChI is InChI=1S/C20H19N5O8S2/c1-30-24-15(12-9-34-20(21)23-12)16(26)22-11-8-31-25(17(11)27)33-18(28)13-7-14(19(29)32-13)35-10-5-3-2-4-6-10/h2-6,9,11,13-14H,7-8H2,1H3,(H2,21,23)(H,22,26)/t11-,13?,14?/m0/s1. The number of nitrogens with one attached hydrogen (secondary N) is 1. The van der Waals surface area contributed by atoms with Crippen molar-refractivity contribution < 1.29 is 38.4 Å². The van der Waals surface area contributed by atoms with Crippen LogP contribution in [0.5, 0.6) is 0 Å². The number of nitrogen functional groups attached to an aromatic ring is 1. The molecule has 1 aromatic heterocycles. The molecule has 15 heteroatoms. The van der Waals surface area contributed by atoms with Gasteiger partial charge in [-0.1, -0.05) is 23.4 Å². The summed E-state index contributed by atoms with van der Waals surface area (Å²) in [5.74, 6) is -3.17. The van der Waals surface area contributed by atoms with Gasteiger partial charge in [-0.3, -0.25) is 14.4 Å². The zero-order valence-corrected chi connectivity index (χ0v) is 19.7. The second-order valence-electron chi connectivity index (χ2n) is 7.10. The second-order valence-corrected chi connectivity index (χ2v) is 9.27. The van der Waals surface area contributed by atoms with Crippen LogP contribution in [0.3, 0.4) is 0 Å². The van der Waals surface area contributed by atoms with E-state index in [0.717, 1.165) is 16.2 Å². The fourth-order valence-electron chi connectivity index (χ4n) is 3.10. The van der Waals surface area contributed by atoms with Crippen LogP contribution in [0.1, 0.15) is 12.1 Å². The number of aromatic nitrogens is 1. The third-order valence-corrected chi connectivity index (χ3v) is 6.60. The van der Waals surface area contributed by atoms with Gasteiger partial charge in [0.1, 0.15) is 30.7 Å². The van der Waals surface area contributed by atoms with Gasteiger partial charge < -0.3 is 25.5 Å². The molecule has 1 aromatic carbocycles. The van der Waals surface area contributed by atoms with Gasteiger partial charge in [-0.2, -0.15) is 0 Å². The summed E-state index contributed by atoms with van der Waals surface area (Å²) in [5.41, 5.74) is 5.54. The average molecular weight is 522 g/mol. The van der Waals surface area contributed by atoms with Crippen molar-refractivity contribution in [3.63, 3.8) is 0 Å². The van der Waals surface area contributed by atoms with E-state index in [4.69, 9.17) is 20.1 Å². The van der Waals surface area contributed by atoms with Crippen molar-refractivity contribution in [3.8, 4) is 0 Å². The summed E-state index contributed by atoms with van der Waals surface area (Å²) in [5, 5.41) is 7.51. The van der Waals surface area contributed by atoms with Crippen molar-refractivity contribution >= 4 is 57.7 Å². The van der Waals surface area contributed by atoms with Crippen LogP contribution in [0.4, 0.5) is 5.13 Å². The highest BCUT2D eigenvalue weighted by Crippen LogP contribution is 2.32. The molecular weight excluding hydrogens is 502 g/mol. The minimum atomic E-state index is -1.20. The van der Waals surface area contributed by atoms with Gasteiger partial charge in [0.25, 0.3) is 5.91 Å². The first kappa shape index (κ1) is 24.4. The Bertz CT molecular complexity index is 1160. The topological polar surface area (TPSA) is 172 Å². The number of thioether (sulfide) groups is 1. The highest BCUT2D eigenvalue weighted by atomic mass is 32.2. The van der Waals surface area contributed by atoms with Crippen LogP contribution in [0.25, 0.3) is 0 Å². The molecule has 2 aliphatic heterocycles. The lowest BCUT2D eigenvalue weighted by Gasteiger charge is -2.15. The molecule has 35 heavy (non-hydrogen) atoms. The molecule has 0 radical (unpaired) electrons. The minimum absolute atomic E-state index is 0.0625. The van der Waals surface area contributed by atoms with Gasteiger partial charge in [0.2, 0.25) is 6.10 Å². The second kappa shape index (κ2) is 10.7. The molecule has 0 aliphatic carbocycles. The van der Waals surface area contributed by atoms with E-state index in [-0.39, 0.29) is 29.6 Å². The molecule has 0 spiro atoms. The molecule has 0 saturated carbocycles. The van der Waals surface area contributed by atoms with Crippen molar-refractivity contribution in [1.29, 1.82) is 0 Å². The maximum absolute atomic E-state index is 12.6. The quantitative estimate of drug-likeness (QED) is 0.277. The number of thiazole rings is 1. The number of esters is 1. The van der Waals surface area contributed by atoms with Crippen LogP contribution in [0.2, 0.25) is 0 Å². The van der Waals surface area contributed by atoms with E-state index >= 15 is 0 Å². The molecule has 3 atom stereocenters. The number of carbonyl (C=O) groups is 4. The van der Waals surface area contributed by atoms with Crippen molar-refractivity contribution in [2.45, 2.75) is 28.7 Å². The van der Waals surface area contributed by atoms with Crippen LogP contribution in [0.15, 0.2) is 45.8 Å². The number of nitrogens with two attached hydrogens (primary N) is 1. The molecule has 2 amide bonds. The van der Waals surface area contributed by atoms with Gasteiger partial charge in [0.05, 0.1) is 0 Å². The number of cyclic esters (lactones) is 1. The van der Waals surface area contributed by atoms with E-state index in [1.54, 1.807) is 0 Å². The minimum Gasteiger partial charge on any atom is -0.449 e. The molecule has 184 valence electrons. The van der Waals surface area contributed by atoms with E-state index in [1.807, 2.05) is 30.3 Å². The number of hydrogen-bond donors (Lipinski definition) is 2. The Balaban J connectivity index is 1.31. The first-order chi connectivity index (χ1) is 16.9.